The molecule has 0 bridgehead atoms. The van der Waals surface area contributed by atoms with Gasteiger partial charge in [-0.25, -0.2) is 9.59 Å². The second-order valence-corrected chi connectivity index (χ2v) is 2.88. The predicted octanol–water partition coefficient (Wildman–Crippen LogP) is -0.341. The van der Waals surface area contributed by atoms with Crippen LogP contribution in [-0.2, 0) is 0 Å². The van der Waals surface area contributed by atoms with E-state index in [2.05, 4.69) is 0 Å². The number of carboxylic acid groups (broad SMARTS) is 2. The van der Waals surface area contributed by atoms with E-state index in [1.54, 1.807) is 0 Å². The molecule has 0 saturated heterocycles. The van der Waals surface area contributed by atoms with Crippen molar-refractivity contribution in [2.45, 2.75) is 0 Å². The van der Waals surface area contributed by atoms with E-state index in [1.807, 2.05) is 0 Å². The smallest absolute Gasteiger partial charge is 0.341 e. The molecule has 16 heavy (non-hydrogen) atoms. The number of aromatic carboxylic acids is 2. The summed E-state index contributed by atoms with van der Waals surface area (Å²) in [7, 11) is 0. The van der Waals surface area contributed by atoms with Gasteiger partial charge in [-0.3, -0.25) is 0 Å². The van der Waals surface area contributed by atoms with Crippen molar-refractivity contribution >= 4 is 23.3 Å². The average molecular weight is 228 g/mol. The molecule has 0 unspecified atom stereocenters. The Hall–Kier alpha value is -2.64. The number of rotatable bonds is 2. The highest BCUT2D eigenvalue weighted by molar-refractivity contribution is 6.08. The number of phenols is 2. The van der Waals surface area contributed by atoms with Gasteiger partial charge >= 0.3 is 11.9 Å². The van der Waals surface area contributed by atoms with Crippen LogP contribution in [0.2, 0.25) is 0 Å². The van der Waals surface area contributed by atoms with E-state index < -0.39 is 45.9 Å². The minimum atomic E-state index is -1.63. The molecular weight excluding hydrogens is 220 g/mol. The van der Waals surface area contributed by atoms with Crippen LogP contribution in [0.4, 0.5) is 11.4 Å². The van der Waals surface area contributed by atoms with Crippen LogP contribution >= 0.6 is 0 Å². The van der Waals surface area contributed by atoms with Gasteiger partial charge in [0, 0.05) is 0 Å². The van der Waals surface area contributed by atoms with Gasteiger partial charge in [0.1, 0.15) is 11.1 Å². The number of anilines is 2. The van der Waals surface area contributed by atoms with Crippen molar-refractivity contribution < 1.29 is 30.0 Å². The largest absolute Gasteiger partial charge is 0.505 e. The number of carboxylic acids is 2. The Bertz CT molecular complexity index is 422. The number of nitrogen functional groups attached to an aromatic ring is 2. The topological polar surface area (TPSA) is 167 Å². The molecule has 0 aromatic heterocycles. The minimum Gasteiger partial charge on any atom is -0.505 e. The maximum absolute atomic E-state index is 10.7. The van der Waals surface area contributed by atoms with Gasteiger partial charge in [0.25, 0.3) is 0 Å². The summed E-state index contributed by atoms with van der Waals surface area (Å²) in [4.78, 5) is 21.3. The van der Waals surface area contributed by atoms with Gasteiger partial charge < -0.3 is 31.9 Å². The monoisotopic (exact) mass is 228 g/mol. The summed E-state index contributed by atoms with van der Waals surface area (Å²) in [5, 5.41) is 36.0. The van der Waals surface area contributed by atoms with Gasteiger partial charge in [0.05, 0.1) is 11.4 Å². The summed E-state index contributed by atoms with van der Waals surface area (Å²) in [5.74, 6) is -5.23. The fraction of sp³-hybridized carbons (Fsp3) is 0. The third-order valence-corrected chi connectivity index (χ3v) is 1.95. The zero-order valence-electron chi connectivity index (χ0n) is 7.76. The molecule has 0 heterocycles. The Labute approximate surface area is 88.3 Å². The van der Waals surface area contributed by atoms with E-state index >= 15 is 0 Å². The number of carbonyl (C=O) groups is 2. The first kappa shape index (κ1) is 11.4. The fourth-order valence-electron chi connectivity index (χ4n) is 1.19. The molecular formula is C8H8N2O6. The third-order valence-electron chi connectivity index (χ3n) is 1.95. The summed E-state index contributed by atoms with van der Waals surface area (Å²) >= 11 is 0. The molecule has 0 aliphatic heterocycles. The molecule has 1 aromatic rings. The van der Waals surface area contributed by atoms with Gasteiger partial charge in [-0.2, -0.15) is 0 Å². The standard InChI is InChI=1S/C8H8N2O6/c9-3-1(7(13)14)5(11)4(10)2(6(3)12)8(15)16/h11-12H,9-10H2,(H,13,14)(H,15,16). The van der Waals surface area contributed by atoms with Crippen LogP contribution in [0.5, 0.6) is 11.5 Å². The van der Waals surface area contributed by atoms with Gasteiger partial charge in [0.15, 0.2) is 11.5 Å². The molecule has 8 heteroatoms. The molecule has 0 aliphatic carbocycles. The van der Waals surface area contributed by atoms with Crippen LogP contribution in [0, 0.1) is 0 Å². The fourth-order valence-corrected chi connectivity index (χ4v) is 1.19. The summed E-state index contributed by atoms with van der Waals surface area (Å²) in [6.45, 7) is 0. The van der Waals surface area contributed by atoms with Gasteiger partial charge in [-0.15, -0.1) is 0 Å². The lowest BCUT2D eigenvalue weighted by atomic mass is 10.0. The Morgan fingerprint density at radius 2 is 1.06 bits per heavy atom. The van der Waals surface area contributed by atoms with E-state index in [-0.39, 0.29) is 0 Å². The number of hydrogen-bond acceptors (Lipinski definition) is 6. The zero-order chi connectivity index (χ0) is 12.6. The second-order valence-electron chi connectivity index (χ2n) is 2.88. The molecule has 0 spiro atoms. The molecule has 0 saturated carbocycles. The molecule has 1 aromatic carbocycles. The molecule has 0 amide bonds. The third kappa shape index (κ3) is 1.41. The summed E-state index contributed by atoms with van der Waals surface area (Å²) in [6.07, 6.45) is 0. The first-order valence-electron chi connectivity index (χ1n) is 3.88. The first-order chi connectivity index (χ1) is 7.29. The zero-order valence-corrected chi connectivity index (χ0v) is 7.76. The number of hydrogen-bond donors (Lipinski definition) is 6. The van der Waals surface area contributed by atoms with Gasteiger partial charge in [-0.05, 0) is 0 Å². The summed E-state index contributed by atoms with van der Waals surface area (Å²) in [6, 6.07) is 0. The quantitative estimate of drug-likeness (QED) is 0.227. The summed E-state index contributed by atoms with van der Waals surface area (Å²) < 4.78 is 0. The predicted molar refractivity (Wildman–Crippen MR) is 52.5 cm³/mol. The number of nitrogens with two attached hydrogens (primary N) is 2. The summed E-state index contributed by atoms with van der Waals surface area (Å²) in [5.41, 5.74) is 7.19. The Morgan fingerprint density at radius 1 is 0.812 bits per heavy atom. The average Bonchev–Trinajstić information content (AvgIpc) is 2.14. The van der Waals surface area contributed by atoms with Crippen LogP contribution in [0.15, 0.2) is 0 Å². The van der Waals surface area contributed by atoms with Crippen molar-refractivity contribution in [2.75, 3.05) is 11.5 Å². The number of benzene rings is 1. The molecule has 0 aliphatic rings. The van der Waals surface area contributed by atoms with E-state index in [0.717, 1.165) is 0 Å². The van der Waals surface area contributed by atoms with Crippen molar-refractivity contribution in [1.82, 2.24) is 0 Å². The highest BCUT2D eigenvalue weighted by Crippen LogP contribution is 2.41. The molecule has 0 radical (unpaired) electrons. The Kier molecular flexibility index (Phi) is 2.50. The van der Waals surface area contributed by atoms with Crippen LogP contribution in [-0.4, -0.2) is 32.4 Å². The highest BCUT2D eigenvalue weighted by Gasteiger charge is 2.27. The highest BCUT2D eigenvalue weighted by atomic mass is 16.4. The lowest BCUT2D eigenvalue weighted by molar-refractivity contribution is 0.0677. The molecule has 0 fully saturated rings. The van der Waals surface area contributed by atoms with E-state index in [0.29, 0.717) is 0 Å². The van der Waals surface area contributed by atoms with Crippen LogP contribution in [0.1, 0.15) is 20.7 Å². The van der Waals surface area contributed by atoms with E-state index in [1.165, 1.54) is 0 Å². The van der Waals surface area contributed by atoms with E-state index in [9.17, 15) is 19.8 Å². The Morgan fingerprint density at radius 3 is 1.25 bits per heavy atom. The van der Waals surface area contributed by atoms with Crippen LogP contribution in [0.3, 0.4) is 0 Å². The maximum atomic E-state index is 10.7. The first-order valence-corrected chi connectivity index (χ1v) is 3.88. The SMILES string of the molecule is Nc1c(O)c(C(=O)O)c(N)c(O)c1C(=O)O. The number of aromatic hydroxyl groups is 2. The van der Waals surface area contributed by atoms with E-state index in [4.69, 9.17) is 21.7 Å². The molecule has 86 valence electrons. The van der Waals surface area contributed by atoms with Crippen molar-refractivity contribution in [3.8, 4) is 11.5 Å². The van der Waals surface area contributed by atoms with Crippen molar-refractivity contribution in [3.63, 3.8) is 0 Å². The van der Waals surface area contributed by atoms with Crippen molar-refractivity contribution in [3.05, 3.63) is 11.1 Å². The van der Waals surface area contributed by atoms with Gasteiger partial charge in [0.2, 0.25) is 0 Å². The normalized spacial score (nSPS) is 10.0. The van der Waals surface area contributed by atoms with Crippen molar-refractivity contribution in [1.29, 1.82) is 0 Å². The minimum absolute atomic E-state index is 0.753. The van der Waals surface area contributed by atoms with Crippen LogP contribution in [0.25, 0.3) is 0 Å². The molecule has 8 N–H and O–H groups in total. The lowest BCUT2D eigenvalue weighted by Crippen LogP contribution is -2.10. The Balaban J connectivity index is 3.77. The molecule has 0 atom stereocenters. The molecule has 1 rings (SSSR count). The van der Waals surface area contributed by atoms with Gasteiger partial charge in [-0.1, -0.05) is 0 Å². The second kappa shape index (κ2) is 3.50. The maximum Gasteiger partial charge on any atom is 0.341 e. The lowest BCUT2D eigenvalue weighted by Gasteiger charge is -2.12. The van der Waals surface area contributed by atoms with Crippen molar-refractivity contribution in [2.24, 2.45) is 0 Å². The van der Waals surface area contributed by atoms with Crippen LogP contribution < -0.4 is 11.5 Å². The molecule has 8 nitrogen and oxygen atoms in total.